The minimum atomic E-state index is -0.930. The minimum Gasteiger partial charge on any atom is -0.481 e. The van der Waals surface area contributed by atoms with Gasteiger partial charge in [0, 0.05) is 87.3 Å². The number of amides is 4. The maximum atomic E-state index is 13.4. The molecule has 15 heteroatoms. The zero-order valence-corrected chi connectivity index (χ0v) is 44.0. The van der Waals surface area contributed by atoms with Crippen molar-refractivity contribution in [3.05, 3.63) is 149 Å². The quantitative estimate of drug-likeness (QED) is 0.0261. The van der Waals surface area contributed by atoms with E-state index in [0.717, 1.165) is 99.5 Å². The van der Waals surface area contributed by atoms with Crippen molar-refractivity contribution in [2.24, 2.45) is 0 Å². The number of aryl methyl sites for hydroxylation is 3. The number of pyridine rings is 1. The van der Waals surface area contributed by atoms with Crippen LogP contribution in [0.25, 0.3) is 89.4 Å². The number of hydrogen-bond donors (Lipinski definition) is 7. The molecule has 4 amide bonds. The van der Waals surface area contributed by atoms with Crippen LogP contribution in [0.2, 0.25) is 0 Å². The Morgan fingerprint density at radius 1 is 0.636 bits per heavy atom. The fraction of sp³-hybridized carbons (Fsp3) is 0.226. The maximum absolute atomic E-state index is 13.4. The number of carboxylic acids is 1. The van der Waals surface area contributed by atoms with Gasteiger partial charge < -0.3 is 31.4 Å². The third-order valence-corrected chi connectivity index (χ3v) is 14.6. The van der Waals surface area contributed by atoms with E-state index in [1.54, 1.807) is 6.08 Å². The molecule has 0 radical (unpaired) electrons. The van der Waals surface area contributed by atoms with Crippen molar-refractivity contribution in [3.8, 4) is 11.3 Å². The second-order valence-electron chi connectivity index (χ2n) is 19.5. The van der Waals surface area contributed by atoms with Crippen LogP contribution in [0.4, 0.5) is 11.4 Å². The molecule has 7 aromatic rings. The van der Waals surface area contributed by atoms with Crippen molar-refractivity contribution in [3.63, 3.8) is 0 Å². The molecule has 9 rings (SSSR count). The first kappa shape index (κ1) is 52.6. The predicted octanol–water partition coefficient (Wildman–Crippen LogP) is 11.2. The largest absolute Gasteiger partial charge is 0.481 e. The van der Waals surface area contributed by atoms with Crippen molar-refractivity contribution >= 4 is 119 Å². The third-order valence-electron chi connectivity index (χ3n) is 14.6. The number of H-pyrrole nitrogens is 2. The smallest absolute Gasteiger partial charge is 0.303 e. The van der Waals surface area contributed by atoms with Gasteiger partial charge in [0.25, 0.3) is 0 Å². The molecule has 0 saturated carbocycles. The summed E-state index contributed by atoms with van der Waals surface area (Å²) >= 11 is 0. The van der Waals surface area contributed by atoms with Gasteiger partial charge in [-0.3, -0.25) is 29.3 Å². The fourth-order valence-corrected chi connectivity index (χ4v) is 10.5. The van der Waals surface area contributed by atoms with Crippen molar-refractivity contribution in [2.45, 2.75) is 86.1 Å². The molecule has 0 aliphatic carbocycles. The van der Waals surface area contributed by atoms with Crippen molar-refractivity contribution in [2.75, 3.05) is 17.6 Å². The Morgan fingerprint density at radius 2 is 1.23 bits per heavy atom. The predicted molar refractivity (Wildman–Crippen MR) is 308 cm³/mol. The van der Waals surface area contributed by atoms with E-state index in [9.17, 15) is 29.1 Å². The molecule has 0 atom stereocenters. The maximum Gasteiger partial charge on any atom is 0.303 e. The summed E-state index contributed by atoms with van der Waals surface area (Å²) in [5.74, 6) is -2.87. The van der Waals surface area contributed by atoms with Crippen LogP contribution in [0.3, 0.4) is 0 Å². The van der Waals surface area contributed by atoms with E-state index in [-0.39, 0.29) is 50.9 Å². The molecule has 8 N–H and O–H groups in total. The first-order valence-corrected chi connectivity index (χ1v) is 25.8. The number of nitrogens with two attached hydrogens (primary N) is 1. The van der Waals surface area contributed by atoms with Crippen molar-refractivity contribution in [1.29, 1.82) is 0 Å². The molecule has 0 saturated heterocycles. The Bertz CT molecular complexity index is 3880. The van der Waals surface area contributed by atoms with E-state index >= 15 is 0 Å². The number of carbonyl (C=O) groups excluding carboxylic acids is 4. The van der Waals surface area contributed by atoms with E-state index in [1.165, 1.54) is 0 Å². The van der Waals surface area contributed by atoms with E-state index in [1.807, 2.05) is 113 Å². The first-order valence-electron chi connectivity index (χ1n) is 25.8. The van der Waals surface area contributed by atoms with Gasteiger partial charge in [-0.1, -0.05) is 49.6 Å². The lowest BCUT2D eigenvalue weighted by Crippen LogP contribution is -2.39. The molecule has 3 aromatic carbocycles. The van der Waals surface area contributed by atoms with Crippen LogP contribution >= 0.6 is 0 Å². The van der Waals surface area contributed by atoms with Gasteiger partial charge in [0.15, 0.2) is 0 Å². The lowest BCUT2D eigenvalue weighted by atomic mass is 9.98. The number of allylic oxidation sites excluding steroid dienone is 4. The Labute approximate surface area is 445 Å². The topological polar surface area (TPSA) is 229 Å². The van der Waals surface area contributed by atoms with Gasteiger partial charge in [0.2, 0.25) is 34.8 Å². The van der Waals surface area contributed by atoms with Gasteiger partial charge in [-0.25, -0.2) is 9.97 Å². The highest BCUT2D eigenvalue weighted by Gasteiger charge is 2.25. The third kappa shape index (κ3) is 11.0. The number of nitrogen functional groups attached to an aromatic ring is 1. The Morgan fingerprint density at radius 3 is 1.87 bits per heavy atom. The lowest BCUT2D eigenvalue weighted by Gasteiger charge is -2.13. The van der Waals surface area contributed by atoms with E-state index in [2.05, 4.69) is 62.7 Å². The molecule has 6 heterocycles. The van der Waals surface area contributed by atoms with Crippen LogP contribution in [0.5, 0.6) is 0 Å². The number of carbonyl (C=O) groups is 5. The normalized spacial score (nSPS) is 12.3. The molecule has 15 nitrogen and oxygen atoms in total. The number of benzene rings is 3. The number of nitrogens with one attached hydrogen (secondary N) is 5. The van der Waals surface area contributed by atoms with Crippen LogP contribution in [0.15, 0.2) is 104 Å². The highest BCUT2D eigenvalue weighted by atomic mass is 16.4. The van der Waals surface area contributed by atoms with Gasteiger partial charge in [-0.2, -0.15) is 4.57 Å². The van der Waals surface area contributed by atoms with E-state index in [0.29, 0.717) is 40.7 Å². The first-order chi connectivity index (χ1) is 37.0. The summed E-state index contributed by atoms with van der Waals surface area (Å²) in [6, 6.07) is 29.6. The van der Waals surface area contributed by atoms with E-state index < -0.39 is 30.2 Å². The highest BCUT2D eigenvalue weighted by molar-refractivity contribution is 6.11. The number of rotatable bonds is 17. The average molecular weight is 1030 g/mol. The average Bonchev–Trinajstić information content (AvgIpc) is 4.09. The monoisotopic (exact) mass is 1030 g/mol. The summed E-state index contributed by atoms with van der Waals surface area (Å²) in [5.41, 5.74) is 23.5. The zero-order chi connectivity index (χ0) is 54.7. The highest BCUT2D eigenvalue weighted by Crippen LogP contribution is 2.39. The minimum absolute atomic E-state index is 0.00349. The molecular weight excluding hydrogens is 967 g/mol. The molecule has 390 valence electrons. The summed E-state index contributed by atoms with van der Waals surface area (Å²) < 4.78 is 2.23. The summed E-state index contributed by atoms with van der Waals surface area (Å²) in [5, 5.41) is 20.7. The van der Waals surface area contributed by atoms with Gasteiger partial charge >= 0.3 is 5.97 Å². The number of aromatic amines is 2. The van der Waals surface area contributed by atoms with Gasteiger partial charge in [0.1, 0.15) is 6.54 Å². The number of imide groups is 1. The van der Waals surface area contributed by atoms with Crippen LogP contribution < -0.4 is 26.3 Å². The summed E-state index contributed by atoms with van der Waals surface area (Å²) in [7, 11) is 0. The number of nitrogens with zero attached hydrogens (tertiary/aromatic N) is 3. The molecule has 8 bridgehead atoms. The number of aliphatic carboxylic acids is 1. The van der Waals surface area contributed by atoms with Gasteiger partial charge in [-0.15, -0.1) is 0 Å². The van der Waals surface area contributed by atoms with Crippen molar-refractivity contribution < 1.29 is 33.6 Å². The summed E-state index contributed by atoms with van der Waals surface area (Å²) in [4.78, 5) is 81.5. The number of aromatic nitrogens is 5. The standard InChI is InChI=1S/C62H61N9O6/c1-8-41-34(4)48-29-49-36(6)43(54(68-49)32-55-44(24-26-61(76)77)37(7)51(69-55)31-53-42(9-2)35(5)50(67-53)30-52(41)66-48)23-25-57(72)64-33-60(75)70-59(74)18-14-17-58(73)65-40-20-22-45-46-21-19-39(63)27-56(46)71(10-3)62(47(45)28-40)38-15-12-11-13-16-38/h8-9,11-13,15-16,19-22,27-32,63H,1-2,10,14,17-18,23-26,33H2,3-7H3,(H6,64,65,66,67,68,69,70,72,73,74,75,76,77)/p+1. The van der Waals surface area contributed by atoms with Crippen LogP contribution in [0, 0.1) is 13.8 Å². The Hall–Kier alpha value is -9.24. The van der Waals surface area contributed by atoms with Crippen LogP contribution in [0.1, 0.15) is 111 Å². The number of fused-ring (bicyclic) bond motifs is 11. The molecule has 2 aliphatic rings. The molecule has 0 fully saturated rings. The number of carboxylic acid groups (broad SMARTS) is 1. The summed E-state index contributed by atoms with van der Waals surface area (Å²) in [6.07, 6.45) is 4.17. The number of anilines is 2. The lowest BCUT2D eigenvalue weighted by molar-refractivity contribution is -0.655. The Balaban J connectivity index is 0.862. The van der Waals surface area contributed by atoms with Crippen LogP contribution in [-0.4, -0.2) is 61.2 Å². The fourth-order valence-electron chi connectivity index (χ4n) is 10.5. The van der Waals surface area contributed by atoms with Crippen LogP contribution in [-0.2, 0) is 30.5 Å². The molecule has 0 spiro atoms. The molecule has 2 aliphatic heterocycles. The van der Waals surface area contributed by atoms with Gasteiger partial charge in [-0.05, 0) is 148 Å². The molecule has 4 aromatic heterocycles. The second kappa shape index (κ2) is 22.3. The SMILES string of the molecule is C=Cc1c(C)c2cc3[nH]c(cc4nc(cc5nc(cc1[nH]2)C(C)=C5CCC(=O)O)C(CCC(=O)NCC(=O)NC(=O)CCCC(=O)Nc1ccc2c(c1)c(-c1ccccc1)[n+](CC)c1cc(N)ccc21)=C4C)c(C)c3C=C. The van der Waals surface area contributed by atoms with Crippen molar-refractivity contribution in [1.82, 2.24) is 30.6 Å². The van der Waals surface area contributed by atoms with Gasteiger partial charge in [0.05, 0.1) is 40.1 Å². The molecule has 0 unspecified atom stereocenters. The summed E-state index contributed by atoms with van der Waals surface area (Å²) in [6.45, 7) is 18.5. The van der Waals surface area contributed by atoms with E-state index in [4.69, 9.17) is 15.7 Å². The molecular formula is C62H62N9O6+. The Kier molecular flexibility index (Phi) is 15.2. The second-order valence-corrected chi connectivity index (χ2v) is 19.5. The number of hydrogen-bond acceptors (Lipinski definition) is 8. The molecule has 77 heavy (non-hydrogen) atoms. The zero-order valence-electron chi connectivity index (χ0n) is 44.0.